The first-order chi connectivity index (χ1) is 8.99. The summed E-state index contributed by atoms with van der Waals surface area (Å²) >= 11 is 5.83. The smallest absolute Gasteiger partial charge is 0.322 e. The van der Waals surface area contributed by atoms with Crippen LogP contribution in [0.1, 0.15) is 0 Å². The third-order valence-electron chi connectivity index (χ3n) is 2.43. The minimum absolute atomic E-state index is 0.150. The number of aromatic nitrogens is 1. The summed E-state index contributed by atoms with van der Waals surface area (Å²) in [5.74, 6) is -0.819. The first-order valence-electron chi connectivity index (χ1n) is 5.17. The number of hydrogen-bond donors (Lipinski definition) is 2. The molecule has 1 aromatic carbocycles. The van der Waals surface area contributed by atoms with Gasteiger partial charge in [-0.3, -0.25) is 14.9 Å². The highest BCUT2D eigenvalue weighted by Gasteiger charge is 2.16. The number of pyridine rings is 1. The van der Waals surface area contributed by atoms with Gasteiger partial charge in [0.1, 0.15) is 12.4 Å². The Morgan fingerprint density at radius 3 is 2.84 bits per heavy atom. The van der Waals surface area contributed by atoms with E-state index < -0.39 is 10.9 Å². The lowest BCUT2D eigenvalue weighted by Gasteiger charge is -2.07. The van der Waals surface area contributed by atoms with Crippen LogP contribution >= 0.6 is 11.6 Å². The van der Waals surface area contributed by atoms with Gasteiger partial charge in [0, 0.05) is 22.7 Å². The average Bonchev–Trinajstić information content (AvgIpc) is 2.35. The third kappa shape index (κ3) is 2.71. The zero-order valence-electron chi connectivity index (χ0n) is 9.46. The number of nitrogens with one attached hydrogen (secondary N) is 1. The van der Waals surface area contributed by atoms with E-state index in [0.717, 1.165) is 0 Å². The molecule has 0 aliphatic carbocycles. The fourth-order valence-corrected chi connectivity index (χ4v) is 1.89. The first-order valence-corrected chi connectivity index (χ1v) is 5.55. The zero-order valence-corrected chi connectivity index (χ0v) is 10.2. The number of nitro benzene ring substituents is 1. The van der Waals surface area contributed by atoms with Gasteiger partial charge in [0.15, 0.2) is 0 Å². The Labute approximate surface area is 112 Å². The van der Waals surface area contributed by atoms with Crippen molar-refractivity contribution < 1.29 is 14.8 Å². The van der Waals surface area contributed by atoms with Crippen LogP contribution in [0.5, 0.6) is 0 Å². The fraction of sp³-hybridized carbons (Fsp3) is 0.0909. The van der Waals surface area contributed by atoms with E-state index >= 15 is 0 Å². The Kier molecular flexibility index (Phi) is 3.48. The number of halogens is 1. The summed E-state index contributed by atoms with van der Waals surface area (Å²) in [4.78, 5) is 24.9. The predicted molar refractivity (Wildman–Crippen MR) is 69.5 cm³/mol. The van der Waals surface area contributed by atoms with Crippen LogP contribution in [0.4, 0.5) is 11.5 Å². The van der Waals surface area contributed by atoms with Crippen molar-refractivity contribution >= 4 is 39.8 Å². The van der Waals surface area contributed by atoms with E-state index in [1.807, 2.05) is 0 Å². The second-order valence-corrected chi connectivity index (χ2v) is 4.12. The lowest BCUT2D eigenvalue weighted by Crippen LogP contribution is -2.13. The van der Waals surface area contributed by atoms with Crippen LogP contribution in [0.25, 0.3) is 10.8 Å². The minimum atomic E-state index is -1.06. The molecule has 0 saturated heterocycles. The van der Waals surface area contributed by atoms with Crippen molar-refractivity contribution in [2.45, 2.75) is 0 Å². The van der Waals surface area contributed by atoms with Crippen LogP contribution in [0, 0.1) is 10.1 Å². The number of aliphatic carboxylic acids is 1. The molecule has 19 heavy (non-hydrogen) atoms. The molecule has 0 amide bonds. The maximum Gasteiger partial charge on any atom is 0.322 e. The second-order valence-electron chi connectivity index (χ2n) is 3.68. The molecule has 2 aromatic rings. The summed E-state index contributed by atoms with van der Waals surface area (Å²) < 4.78 is 0. The average molecular weight is 282 g/mol. The van der Waals surface area contributed by atoms with Crippen molar-refractivity contribution in [3.63, 3.8) is 0 Å². The van der Waals surface area contributed by atoms with E-state index in [1.54, 1.807) is 0 Å². The number of fused-ring (bicyclic) bond motifs is 1. The number of non-ortho nitro benzene ring substituents is 1. The van der Waals surface area contributed by atoms with Crippen LogP contribution in [0.15, 0.2) is 24.4 Å². The van der Waals surface area contributed by atoms with Crippen molar-refractivity contribution in [2.75, 3.05) is 11.9 Å². The predicted octanol–water partition coefficient (Wildman–Crippen LogP) is 2.29. The number of nitro groups is 1. The number of hydrogen-bond acceptors (Lipinski definition) is 5. The molecule has 0 aliphatic heterocycles. The maximum absolute atomic E-state index is 11.0. The molecule has 2 rings (SSSR count). The lowest BCUT2D eigenvalue weighted by atomic mass is 10.1. The first kappa shape index (κ1) is 13.0. The summed E-state index contributed by atoms with van der Waals surface area (Å²) in [6, 6.07) is 4.22. The monoisotopic (exact) mass is 281 g/mol. The van der Waals surface area contributed by atoms with Crippen molar-refractivity contribution in [2.24, 2.45) is 0 Å². The summed E-state index contributed by atoms with van der Waals surface area (Å²) in [5, 5.41) is 23.1. The second kappa shape index (κ2) is 5.07. The normalized spacial score (nSPS) is 10.4. The fourth-order valence-electron chi connectivity index (χ4n) is 1.68. The molecule has 1 aromatic heterocycles. The van der Waals surface area contributed by atoms with Crippen LogP contribution in [-0.4, -0.2) is 27.5 Å². The molecule has 0 unspecified atom stereocenters. The largest absolute Gasteiger partial charge is 0.480 e. The van der Waals surface area contributed by atoms with Crippen molar-refractivity contribution in [1.82, 2.24) is 4.98 Å². The molecule has 7 nitrogen and oxygen atoms in total. The van der Waals surface area contributed by atoms with Gasteiger partial charge in [-0.15, -0.1) is 0 Å². The molecule has 0 fully saturated rings. The Hall–Kier alpha value is -2.41. The molecular weight excluding hydrogens is 274 g/mol. The highest BCUT2D eigenvalue weighted by molar-refractivity contribution is 6.32. The van der Waals surface area contributed by atoms with Gasteiger partial charge in [-0.2, -0.15) is 0 Å². The lowest BCUT2D eigenvalue weighted by molar-refractivity contribution is -0.383. The van der Waals surface area contributed by atoms with E-state index in [-0.39, 0.29) is 23.1 Å². The van der Waals surface area contributed by atoms with Crippen LogP contribution < -0.4 is 5.32 Å². The summed E-state index contributed by atoms with van der Waals surface area (Å²) in [7, 11) is 0. The summed E-state index contributed by atoms with van der Waals surface area (Å²) in [5.41, 5.74) is -0.150. The van der Waals surface area contributed by atoms with E-state index in [4.69, 9.17) is 16.7 Å². The number of carboxylic acid groups (broad SMARTS) is 1. The standard InChI is InChI=1S/C11H8ClN3O4/c12-6-3-8-7(9(4-6)15(18)19)1-2-13-11(8)14-5-10(16)17/h1-4H,5H2,(H,13,14)(H,16,17). The van der Waals surface area contributed by atoms with Gasteiger partial charge in [0.05, 0.1) is 10.3 Å². The van der Waals surface area contributed by atoms with Gasteiger partial charge in [-0.25, -0.2) is 4.98 Å². The number of benzene rings is 1. The molecule has 0 spiro atoms. The van der Waals surface area contributed by atoms with Gasteiger partial charge in [-0.1, -0.05) is 11.6 Å². The highest BCUT2D eigenvalue weighted by Crippen LogP contribution is 2.32. The Morgan fingerprint density at radius 1 is 1.47 bits per heavy atom. The number of anilines is 1. The molecule has 0 aliphatic rings. The zero-order chi connectivity index (χ0) is 14.0. The van der Waals surface area contributed by atoms with E-state index in [0.29, 0.717) is 10.8 Å². The Morgan fingerprint density at radius 2 is 2.21 bits per heavy atom. The number of carboxylic acids is 1. The quantitative estimate of drug-likeness (QED) is 0.658. The van der Waals surface area contributed by atoms with E-state index in [2.05, 4.69) is 10.3 Å². The van der Waals surface area contributed by atoms with Crippen molar-refractivity contribution in [1.29, 1.82) is 0 Å². The van der Waals surface area contributed by atoms with Gasteiger partial charge in [0.2, 0.25) is 0 Å². The number of carbonyl (C=O) groups is 1. The Bertz CT molecular complexity index is 674. The molecule has 0 radical (unpaired) electrons. The van der Waals surface area contributed by atoms with Crippen molar-refractivity contribution in [3.05, 3.63) is 39.5 Å². The molecule has 8 heteroatoms. The van der Waals surface area contributed by atoms with Gasteiger partial charge < -0.3 is 10.4 Å². The van der Waals surface area contributed by atoms with Gasteiger partial charge in [-0.05, 0) is 12.1 Å². The molecule has 2 N–H and O–H groups in total. The number of rotatable bonds is 4. The topological polar surface area (TPSA) is 105 Å². The third-order valence-corrected chi connectivity index (χ3v) is 2.64. The number of nitrogens with zero attached hydrogens (tertiary/aromatic N) is 2. The summed E-state index contributed by atoms with van der Waals surface area (Å²) in [6.45, 7) is -0.341. The van der Waals surface area contributed by atoms with Gasteiger partial charge in [0.25, 0.3) is 5.69 Å². The highest BCUT2D eigenvalue weighted by atomic mass is 35.5. The maximum atomic E-state index is 11.0. The minimum Gasteiger partial charge on any atom is -0.480 e. The Balaban J connectivity index is 2.61. The molecule has 0 saturated carbocycles. The molecular formula is C11H8ClN3O4. The molecule has 98 valence electrons. The van der Waals surface area contributed by atoms with E-state index in [9.17, 15) is 14.9 Å². The van der Waals surface area contributed by atoms with Gasteiger partial charge >= 0.3 is 5.97 Å². The van der Waals surface area contributed by atoms with E-state index in [1.165, 1.54) is 24.4 Å². The van der Waals surface area contributed by atoms with Crippen molar-refractivity contribution in [3.8, 4) is 0 Å². The molecule has 1 heterocycles. The SMILES string of the molecule is O=C(O)CNc1nccc2c([N+](=O)[O-])cc(Cl)cc12. The van der Waals surface area contributed by atoms with Crippen LogP contribution in [0.2, 0.25) is 5.02 Å². The summed E-state index contributed by atoms with van der Waals surface area (Å²) in [6.07, 6.45) is 1.37. The molecule has 0 bridgehead atoms. The van der Waals surface area contributed by atoms with Crippen LogP contribution in [0.3, 0.4) is 0 Å². The van der Waals surface area contributed by atoms with Crippen LogP contribution in [-0.2, 0) is 4.79 Å². The molecule has 0 atom stereocenters.